The standard InChI is InChI=1S/C23H25N5O3/c1-30-14-12-25-23(29)19-20-22(27-18-6-4-3-5-17(18)26-20)28(21(19)24)13-11-15-7-9-16(31-2)10-8-15/h3-10H,11-14,24H2,1-2H3,(H,25,29). The summed E-state index contributed by atoms with van der Waals surface area (Å²) >= 11 is 0. The summed E-state index contributed by atoms with van der Waals surface area (Å²) in [6, 6.07) is 15.5. The van der Waals surface area contributed by atoms with Gasteiger partial charge in [-0.25, -0.2) is 9.97 Å². The van der Waals surface area contributed by atoms with Gasteiger partial charge in [0.15, 0.2) is 5.65 Å². The maximum atomic E-state index is 12.9. The molecule has 0 radical (unpaired) electrons. The van der Waals surface area contributed by atoms with Crippen LogP contribution in [0.1, 0.15) is 15.9 Å². The summed E-state index contributed by atoms with van der Waals surface area (Å²) in [6.07, 6.45) is 0.719. The van der Waals surface area contributed by atoms with Gasteiger partial charge in [-0.15, -0.1) is 0 Å². The molecule has 0 unspecified atom stereocenters. The summed E-state index contributed by atoms with van der Waals surface area (Å²) in [5.74, 6) is 0.878. The van der Waals surface area contributed by atoms with Crippen molar-refractivity contribution in [1.82, 2.24) is 19.9 Å². The van der Waals surface area contributed by atoms with Gasteiger partial charge in [-0.1, -0.05) is 24.3 Å². The number of carbonyl (C=O) groups excluding carboxylic acids is 1. The summed E-state index contributed by atoms with van der Waals surface area (Å²) in [5.41, 5.74) is 10.5. The van der Waals surface area contributed by atoms with E-state index >= 15 is 0 Å². The van der Waals surface area contributed by atoms with Gasteiger partial charge in [0.1, 0.15) is 22.6 Å². The average molecular weight is 419 g/mol. The maximum absolute atomic E-state index is 12.9. The molecule has 0 saturated heterocycles. The highest BCUT2D eigenvalue weighted by molar-refractivity contribution is 6.10. The number of amides is 1. The minimum Gasteiger partial charge on any atom is -0.497 e. The Morgan fingerprint density at radius 3 is 2.45 bits per heavy atom. The minimum absolute atomic E-state index is 0.285. The molecule has 2 heterocycles. The molecule has 0 atom stereocenters. The van der Waals surface area contributed by atoms with E-state index in [1.54, 1.807) is 14.2 Å². The van der Waals surface area contributed by atoms with Crippen LogP contribution in [-0.2, 0) is 17.7 Å². The van der Waals surface area contributed by atoms with Crippen LogP contribution < -0.4 is 15.8 Å². The molecule has 1 amide bonds. The van der Waals surface area contributed by atoms with Crippen molar-refractivity contribution in [2.45, 2.75) is 13.0 Å². The Morgan fingerprint density at radius 2 is 1.77 bits per heavy atom. The quantitative estimate of drug-likeness (QED) is 0.426. The molecule has 8 nitrogen and oxygen atoms in total. The van der Waals surface area contributed by atoms with Gasteiger partial charge in [-0.05, 0) is 36.2 Å². The topological polar surface area (TPSA) is 104 Å². The van der Waals surface area contributed by atoms with Crippen molar-refractivity contribution in [3.05, 3.63) is 59.7 Å². The van der Waals surface area contributed by atoms with E-state index in [2.05, 4.69) is 5.32 Å². The average Bonchev–Trinajstić information content (AvgIpc) is 3.06. The zero-order chi connectivity index (χ0) is 21.8. The molecule has 0 aliphatic heterocycles. The van der Waals surface area contributed by atoms with Gasteiger partial charge in [0, 0.05) is 20.2 Å². The van der Waals surface area contributed by atoms with Gasteiger partial charge in [0.25, 0.3) is 5.91 Å². The number of aryl methyl sites for hydroxylation is 2. The molecule has 2 aromatic carbocycles. The molecule has 160 valence electrons. The number of hydrogen-bond donors (Lipinski definition) is 2. The molecule has 31 heavy (non-hydrogen) atoms. The summed E-state index contributed by atoms with van der Waals surface area (Å²) < 4.78 is 12.1. The van der Waals surface area contributed by atoms with Crippen LogP contribution in [0.5, 0.6) is 5.75 Å². The number of para-hydroxylation sites is 2. The van der Waals surface area contributed by atoms with Gasteiger partial charge in [-0.3, -0.25) is 4.79 Å². The van der Waals surface area contributed by atoms with Crippen molar-refractivity contribution < 1.29 is 14.3 Å². The van der Waals surface area contributed by atoms with E-state index < -0.39 is 0 Å². The molecule has 0 fully saturated rings. The Bertz CT molecular complexity index is 1220. The Kier molecular flexibility index (Phi) is 5.99. The lowest BCUT2D eigenvalue weighted by Gasteiger charge is -2.09. The molecule has 0 spiro atoms. The number of carbonyl (C=O) groups is 1. The van der Waals surface area contributed by atoms with E-state index in [0.717, 1.165) is 23.3 Å². The predicted octanol–water partition coefficient (Wildman–Crippen LogP) is 2.79. The van der Waals surface area contributed by atoms with Crippen LogP contribution in [0.15, 0.2) is 48.5 Å². The Labute approximate surface area is 180 Å². The molecule has 0 aliphatic carbocycles. The van der Waals surface area contributed by atoms with Crippen LogP contribution >= 0.6 is 0 Å². The Hall–Kier alpha value is -3.65. The monoisotopic (exact) mass is 419 g/mol. The molecular formula is C23H25N5O3. The summed E-state index contributed by atoms with van der Waals surface area (Å²) in [7, 11) is 3.23. The fourth-order valence-electron chi connectivity index (χ4n) is 3.56. The molecule has 4 aromatic rings. The number of anilines is 1. The van der Waals surface area contributed by atoms with Crippen molar-refractivity contribution in [2.24, 2.45) is 0 Å². The number of aromatic nitrogens is 3. The van der Waals surface area contributed by atoms with Gasteiger partial charge in [0.2, 0.25) is 0 Å². The first-order chi connectivity index (χ1) is 15.1. The number of rotatable bonds is 8. The van der Waals surface area contributed by atoms with Gasteiger partial charge >= 0.3 is 0 Å². The van der Waals surface area contributed by atoms with Crippen molar-refractivity contribution in [2.75, 3.05) is 33.1 Å². The predicted molar refractivity (Wildman–Crippen MR) is 120 cm³/mol. The lowest BCUT2D eigenvalue weighted by atomic mass is 10.1. The molecule has 4 rings (SSSR count). The number of nitrogens with one attached hydrogen (secondary N) is 1. The highest BCUT2D eigenvalue weighted by atomic mass is 16.5. The van der Waals surface area contributed by atoms with Gasteiger partial charge in [0.05, 0.1) is 24.8 Å². The third kappa shape index (κ3) is 4.15. The first-order valence-electron chi connectivity index (χ1n) is 10.1. The van der Waals surface area contributed by atoms with Gasteiger partial charge in [-0.2, -0.15) is 0 Å². The zero-order valence-electron chi connectivity index (χ0n) is 17.6. The summed E-state index contributed by atoms with van der Waals surface area (Å²) in [4.78, 5) is 22.4. The number of benzene rings is 2. The molecule has 0 bridgehead atoms. The van der Waals surface area contributed by atoms with Crippen LogP contribution in [-0.4, -0.2) is 47.8 Å². The van der Waals surface area contributed by atoms with Crippen molar-refractivity contribution in [3.63, 3.8) is 0 Å². The second kappa shape index (κ2) is 9.01. The fourth-order valence-corrected chi connectivity index (χ4v) is 3.56. The third-order valence-corrected chi connectivity index (χ3v) is 5.19. The highest BCUT2D eigenvalue weighted by Crippen LogP contribution is 2.28. The molecule has 2 aromatic heterocycles. The molecule has 0 saturated carbocycles. The second-order valence-corrected chi connectivity index (χ2v) is 7.14. The number of fused-ring (bicyclic) bond motifs is 2. The number of ether oxygens (including phenoxy) is 2. The highest BCUT2D eigenvalue weighted by Gasteiger charge is 2.23. The van der Waals surface area contributed by atoms with E-state index in [0.29, 0.717) is 47.8 Å². The number of nitrogens with zero attached hydrogens (tertiary/aromatic N) is 3. The van der Waals surface area contributed by atoms with Crippen LogP contribution in [0.2, 0.25) is 0 Å². The van der Waals surface area contributed by atoms with Crippen LogP contribution in [0.4, 0.5) is 5.82 Å². The third-order valence-electron chi connectivity index (χ3n) is 5.19. The Balaban J connectivity index is 1.74. The van der Waals surface area contributed by atoms with E-state index in [1.165, 1.54) is 0 Å². The number of hydrogen-bond acceptors (Lipinski definition) is 6. The normalized spacial score (nSPS) is 11.2. The van der Waals surface area contributed by atoms with E-state index in [9.17, 15) is 4.79 Å². The lowest BCUT2D eigenvalue weighted by Crippen LogP contribution is -2.27. The largest absolute Gasteiger partial charge is 0.497 e. The first-order valence-corrected chi connectivity index (χ1v) is 10.1. The van der Waals surface area contributed by atoms with Crippen molar-refractivity contribution >= 4 is 33.9 Å². The summed E-state index contributed by atoms with van der Waals surface area (Å²) in [6.45, 7) is 1.36. The fraction of sp³-hybridized carbons (Fsp3) is 0.261. The van der Waals surface area contributed by atoms with Crippen LogP contribution in [0.3, 0.4) is 0 Å². The molecule has 8 heteroatoms. The number of methoxy groups -OCH3 is 2. The molecule has 0 aliphatic rings. The SMILES string of the molecule is COCCNC(=O)c1c(N)n(CCc2ccc(OC)cc2)c2nc3ccccc3nc12. The zero-order valence-corrected chi connectivity index (χ0v) is 17.6. The smallest absolute Gasteiger partial charge is 0.257 e. The lowest BCUT2D eigenvalue weighted by molar-refractivity contribution is 0.0939. The van der Waals surface area contributed by atoms with E-state index in [4.69, 9.17) is 25.2 Å². The Morgan fingerprint density at radius 1 is 1.06 bits per heavy atom. The minimum atomic E-state index is -0.285. The molecule has 3 N–H and O–H groups in total. The second-order valence-electron chi connectivity index (χ2n) is 7.14. The summed E-state index contributed by atoms with van der Waals surface area (Å²) in [5, 5.41) is 2.84. The first kappa shape index (κ1) is 20.6. The number of nitrogen functional groups attached to an aromatic ring is 1. The molecular weight excluding hydrogens is 394 g/mol. The van der Waals surface area contributed by atoms with E-state index in [-0.39, 0.29) is 5.91 Å². The van der Waals surface area contributed by atoms with Crippen LogP contribution in [0, 0.1) is 0 Å². The van der Waals surface area contributed by atoms with Crippen molar-refractivity contribution in [1.29, 1.82) is 0 Å². The number of nitrogens with two attached hydrogens (primary N) is 1. The maximum Gasteiger partial charge on any atom is 0.257 e. The van der Waals surface area contributed by atoms with Crippen LogP contribution in [0.25, 0.3) is 22.2 Å². The van der Waals surface area contributed by atoms with E-state index in [1.807, 2.05) is 53.1 Å². The van der Waals surface area contributed by atoms with Gasteiger partial charge < -0.3 is 25.1 Å². The van der Waals surface area contributed by atoms with Crippen molar-refractivity contribution in [3.8, 4) is 5.75 Å².